The van der Waals surface area contributed by atoms with Crippen molar-refractivity contribution in [1.29, 1.82) is 5.26 Å². The van der Waals surface area contributed by atoms with Gasteiger partial charge in [0.2, 0.25) is 0 Å². The standard InChI is InChI=1S/C27H21N3O3/c1-17-12-22(18(2)30(17)25-9-5-8-21(15-25)27(32)33)13-23(16-28)26(31)29-24-11-10-19-6-3-4-7-20(19)14-24/h3-15H,1-2H3,(H,29,31)(H,32,33)/b23-13-. The van der Waals surface area contributed by atoms with Crippen LogP contribution in [0.3, 0.4) is 0 Å². The predicted molar refractivity (Wildman–Crippen MR) is 128 cm³/mol. The van der Waals surface area contributed by atoms with Gasteiger partial charge in [-0.2, -0.15) is 5.26 Å². The molecule has 1 heterocycles. The van der Waals surface area contributed by atoms with E-state index < -0.39 is 11.9 Å². The minimum Gasteiger partial charge on any atom is -0.478 e. The Morgan fingerprint density at radius 1 is 0.970 bits per heavy atom. The van der Waals surface area contributed by atoms with Crippen LogP contribution in [0.4, 0.5) is 5.69 Å². The number of fused-ring (bicyclic) bond motifs is 1. The van der Waals surface area contributed by atoms with Crippen LogP contribution < -0.4 is 5.32 Å². The van der Waals surface area contributed by atoms with Gasteiger partial charge in [-0.1, -0.05) is 36.4 Å². The number of nitrogens with zero attached hydrogens (tertiary/aromatic N) is 2. The maximum absolute atomic E-state index is 12.8. The summed E-state index contributed by atoms with van der Waals surface area (Å²) < 4.78 is 1.90. The minimum absolute atomic E-state index is 0.0253. The number of nitriles is 1. The molecule has 4 rings (SSSR count). The van der Waals surface area contributed by atoms with E-state index in [1.807, 2.05) is 73.0 Å². The van der Waals surface area contributed by atoms with Gasteiger partial charge in [-0.3, -0.25) is 4.79 Å². The van der Waals surface area contributed by atoms with Gasteiger partial charge < -0.3 is 15.0 Å². The molecule has 3 aromatic carbocycles. The summed E-state index contributed by atoms with van der Waals surface area (Å²) >= 11 is 0. The minimum atomic E-state index is -1.00. The number of rotatable bonds is 5. The maximum atomic E-state index is 12.8. The zero-order valence-corrected chi connectivity index (χ0v) is 18.2. The van der Waals surface area contributed by atoms with Crippen molar-refractivity contribution >= 4 is 34.4 Å². The van der Waals surface area contributed by atoms with Crippen LogP contribution in [0.5, 0.6) is 0 Å². The molecule has 0 spiro atoms. The Kier molecular flexibility index (Phi) is 5.79. The highest BCUT2D eigenvalue weighted by molar-refractivity contribution is 6.10. The third kappa shape index (κ3) is 4.39. The molecule has 0 radical (unpaired) electrons. The molecule has 1 aromatic heterocycles. The van der Waals surface area contributed by atoms with E-state index in [-0.39, 0.29) is 11.1 Å². The molecule has 0 aliphatic heterocycles. The topological polar surface area (TPSA) is 95.1 Å². The zero-order chi connectivity index (χ0) is 23.5. The van der Waals surface area contributed by atoms with E-state index in [0.717, 1.165) is 22.2 Å². The molecule has 0 bridgehead atoms. The van der Waals surface area contributed by atoms with Gasteiger partial charge in [-0.25, -0.2) is 4.79 Å². The van der Waals surface area contributed by atoms with Crippen LogP contribution in [0.2, 0.25) is 0 Å². The fourth-order valence-electron chi connectivity index (χ4n) is 3.88. The van der Waals surface area contributed by atoms with Crippen LogP contribution in [-0.2, 0) is 4.79 Å². The first-order chi connectivity index (χ1) is 15.9. The molecule has 162 valence electrons. The van der Waals surface area contributed by atoms with Gasteiger partial charge in [0, 0.05) is 22.8 Å². The van der Waals surface area contributed by atoms with Crippen molar-refractivity contribution in [2.75, 3.05) is 5.32 Å². The molecule has 0 unspecified atom stereocenters. The van der Waals surface area contributed by atoms with Gasteiger partial charge in [0.1, 0.15) is 11.6 Å². The number of hydrogen-bond donors (Lipinski definition) is 2. The first-order valence-electron chi connectivity index (χ1n) is 10.3. The Balaban J connectivity index is 1.65. The highest BCUT2D eigenvalue weighted by Crippen LogP contribution is 2.24. The van der Waals surface area contributed by atoms with Crippen molar-refractivity contribution in [2.45, 2.75) is 13.8 Å². The molecule has 0 aliphatic rings. The molecule has 0 saturated heterocycles. The first-order valence-corrected chi connectivity index (χ1v) is 10.3. The third-order valence-corrected chi connectivity index (χ3v) is 5.49. The number of hydrogen-bond acceptors (Lipinski definition) is 3. The quantitative estimate of drug-likeness (QED) is 0.320. The van der Waals surface area contributed by atoms with Crippen molar-refractivity contribution in [2.24, 2.45) is 0 Å². The van der Waals surface area contributed by atoms with E-state index in [0.29, 0.717) is 16.9 Å². The molecule has 6 heteroatoms. The molecular weight excluding hydrogens is 414 g/mol. The van der Waals surface area contributed by atoms with E-state index in [1.54, 1.807) is 24.3 Å². The van der Waals surface area contributed by atoms with Crippen LogP contribution in [0.1, 0.15) is 27.3 Å². The van der Waals surface area contributed by atoms with Crippen molar-refractivity contribution in [3.8, 4) is 11.8 Å². The molecule has 0 fully saturated rings. The third-order valence-electron chi connectivity index (χ3n) is 5.49. The predicted octanol–water partition coefficient (Wildman–Crippen LogP) is 5.49. The summed E-state index contributed by atoms with van der Waals surface area (Å²) in [5, 5.41) is 23.8. The smallest absolute Gasteiger partial charge is 0.335 e. The summed E-state index contributed by atoms with van der Waals surface area (Å²) in [5.41, 5.74) is 3.82. The fraction of sp³-hybridized carbons (Fsp3) is 0.0741. The SMILES string of the molecule is Cc1cc(/C=C(/C#N)C(=O)Nc2ccc3ccccc3c2)c(C)n1-c1cccc(C(=O)O)c1. The summed E-state index contributed by atoms with van der Waals surface area (Å²) in [6.45, 7) is 3.75. The summed E-state index contributed by atoms with van der Waals surface area (Å²) in [6, 6.07) is 23.9. The summed E-state index contributed by atoms with van der Waals surface area (Å²) in [6.07, 6.45) is 1.55. The van der Waals surface area contributed by atoms with Crippen molar-refractivity contribution in [1.82, 2.24) is 4.57 Å². The van der Waals surface area contributed by atoms with Crippen LogP contribution >= 0.6 is 0 Å². The normalized spacial score (nSPS) is 11.2. The van der Waals surface area contributed by atoms with Crippen molar-refractivity contribution in [3.05, 3.63) is 101 Å². The second kappa shape index (κ2) is 8.85. The monoisotopic (exact) mass is 435 g/mol. The average molecular weight is 435 g/mol. The lowest BCUT2D eigenvalue weighted by Gasteiger charge is -2.10. The molecule has 0 saturated carbocycles. The highest BCUT2D eigenvalue weighted by atomic mass is 16.4. The Labute approximate surface area is 191 Å². The van der Waals surface area contributed by atoms with Crippen molar-refractivity contribution < 1.29 is 14.7 Å². The summed E-state index contributed by atoms with van der Waals surface area (Å²) in [7, 11) is 0. The number of anilines is 1. The number of carboxylic acid groups (broad SMARTS) is 1. The Morgan fingerprint density at radius 2 is 1.73 bits per heavy atom. The molecule has 2 N–H and O–H groups in total. The van der Waals surface area contributed by atoms with E-state index in [4.69, 9.17) is 0 Å². The van der Waals surface area contributed by atoms with E-state index >= 15 is 0 Å². The lowest BCUT2D eigenvalue weighted by atomic mass is 10.1. The number of carboxylic acids is 1. The van der Waals surface area contributed by atoms with Crippen LogP contribution in [0.15, 0.2) is 78.4 Å². The summed E-state index contributed by atoms with van der Waals surface area (Å²) in [5.74, 6) is -1.50. The lowest BCUT2D eigenvalue weighted by Crippen LogP contribution is -2.13. The maximum Gasteiger partial charge on any atom is 0.335 e. The number of benzene rings is 3. The molecule has 1 amide bonds. The fourth-order valence-corrected chi connectivity index (χ4v) is 3.88. The Bertz CT molecular complexity index is 1470. The average Bonchev–Trinajstić information content (AvgIpc) is 3.09. The van der Waals surface area contributed by atoms with Crippen LogP contribution in [0.25, 0.3) is 22.5 Å². The van der Waals surface area contributed by atoms with Gasteiger partial charge >= 0.3 is 5.97 Å². The number of nitrogens with one attached hydrogen (secondary N) is 1. The van der Waals surface area contributed by atoms with Gasteiger partial charge in [0.25, 0.3) is 5.91 Å². The van der Waals surface area contributed by atoms with Crippen LogP contribution in [-0.4, -0.2) is 21.6 Å². The second-order valence-corrected chi connectivity index (χ2v) is 7.70. The van der Waals surface area contributed by atoms with Gasteiger partial charge in [0.15, 0.2) is 0 Å². The molecular formula is C27H21N3O3. The largest absolute Gasteiger partial charge is 0.478 e. The Morgan fingerprint density at radius 3 is 2.45 bits per heavy atom. The highest BCUT2D eigenvalue weighted by Gasteiger charge is 2.15. The molecule has 6 nitrogen and oxygen atoms in total. The van der Waals surface area contributed by atoms with Gasteiger partial charge in [0.05, 0.1) is 5.56 Å². The number of carbonyl (C=O) groups is 2. The number of aryl methyl sites for hydroxylation is 1. The van der Waals surface area contributed by atoms with E-state index in [2.05, 4.69) is 5.32 Å². The Hall–Kier alpha value is -4.63. The lowest BCUT2D eigenvalue weighted by molar-refractivity contribution is -0.112. The number of amides is 1. The number of carbonyl (C=O) groups excluding carboxylic acids is 1. The van der Waals surface area contributed by atoms with Crippen molar-refractivity contribution in [3.63, 3.8) is 0 Å². The second-order valence-electron chi connectivity index (χ2n) is 7.70. The molecule has 0 aliphatic carbocycles. The van der Waals surface area contributed by atoms with Gasteiger partial charge in [-0.05, 0) is 72.7 Å². The number of aromatic nitrogens is 1. The van der Waals surface area contributed by atoms with E-state index in [1.165, 1.54) is 6.07 Å². The first kappa shape index (κ1) is 21.6. The van der Waals surface area contributed by atoms with Gasteiger partial charge in [-0.15, -0.1) is 0 Å². The molecule has 0 atom stereocenters. The zero-order valence-electron chi connectivity index (χ0n) is 18.2. The molecule has 4 aromatic rings. The molecule has 33 heavy (non-hydrogen) atoms. The number of aromatic carboxylic acids is 1. The van der Waals surface area contributed by atoms with Crippen LogP contribution in [0, 0.1) is 25.2 Å². The van der Waals surface area contributed by atoms with E-state index in [9.17, 15) is 20.0 Å². The summed E-state index contributed by atoms with van der Waals surface area (Å²) in [4.78, 5) is 24.1.